The highest BCUT2D eigenvalue weighted by molar-refractivity contribution is 5.89. The van der Waals surface area contributed by atoms with Crippen LogP contribution in [0.4, 0.5) is 20.6 Å². The van der Waals surface area contributed by atoms with Crippen LogP contribution in [0, 0.1) is 5.82 Å². The van der Waals surface area contributed by atoms with E-state index in [4.69, 9.17) is 4.52 Å². The average Bonchev–Trinajstić information content (AvgIpc) is 3.23. The third kappa shape index (κ3) is 4.23. The first-order valence-electron chi connectivity index (χ1n) is 10.7. The van der Waals surface area contributed by atoms with Gasteiger partial charge in [-0.2, -0.15) is 4.98 Å². The Kier molecular flexibility index (Phi) is 5.28. The molecule has 0 bridgehead atoms. The van der Waals surface area contributed by atoms with Gasteiger partial charge in [-0.15, -0.1) is 0 Å². The van der Waals surface area contributed by atoms with Gasteiger partial charge in [0.2, 0.25) is 11.7 Å². The molecule has 2 fully saturated rings. The summed E-state index contributed by atoms with van der Waals surface area (Å²) in [6, 6.07) is 13.8. The highest BCUT2D eigenvalue weighted by Gasteiger charge is 2.26. The summed E-state index contributed by atoms with van der Waals surface area (Å²) in [5.74, 6) is 1.46. The van der Waals surface area contributed by atoms with Crippen LogP contribution in [0.25, 0.3) is 11.4 Å². The van der Waals surface area contributed by atoms with Gasteiger partial charge >= 0.3 is 6.03 Å². The number of nitrogens with zero attached hydrogens (tertiary/aromatic N) is 4. The molecule has 2 heterocycles. The van der Waals surface area contributed by atoms with Crippen molar-refractivity contribution in [2.24, 2.45) is 0 Å². The van der Waals surface area contributed by atoms with Crippen LogP contribution < -0.4 is 10.2 Å². The lowest BCUT2D eigenvalue weighted by atomic mass is 9.85. The number of carbonyl (C=O) groups excluding carboxylic acids is 1. The minimum Gasteiger partial charge on any atom is -0.368 e. The zero-order valence-electron chi connectivity index (χ0n) is 17.1. The summed E-state index contributed by atoms with van der Waals surface area (Å²) in [6.07, 6.45) is 3.45. The Labute approximate surface area is 179 Å². The number of carbonyl (C=O) groups is 1. The van der Waals surface area contributed by atoms with Gasteiger partial charge in [0.1, 0.15) is 5.82 Å². The second-order valence-corrected chi connectivity index (χ2v) is 8.04. The van der Waals surface area contributed by atoms with Crippen molar-refractivity contribution in [1.82, 2.24) is 15.0 Å². The number of hydrogen-bond donors (Lipinski definition) is 1. The molecular formula is C23H24FN5O2. The van der Waals surface area contributed by atoms with E-state index in [2.05, 4.69) is 20.4 Å². The summed E-state index contributed by atoms with van der Waals surface area (Å²) in [5.41, 5.74) is 2.55. The number of amides is 2. The summed E-state index contributed by atoms with van der Waals surface area (Å²) in [6.45, 7) is 2.63. The lowest BCUT2D eigenvalue weighted by Crippen LogP contribution is -2.50. The van der Waals surface area contributed by atoms with Crippen molar-refractivity contribution < 1.29 is 13.7 Å². The highest BCUT2D eigenvalue weighted by atomic mass is 19.1. The molecular weight excluding hydrogens is 397 g/mol. The molecule has 160 valence electrons. The topological polar surface area (TPSA) is 74.5 Å². The van der Waals surface area contributed by atoms with E-state index in [1.54, 1.807) is 17.0 Å². The molecule has 1 aliphatic heterocycles. The largest absolute Gasteiger partial charge is 0.368 e. The van der Waals surface area contributed by atoms with Crippen LogP contribution in [-0.2, 0) is 0 Å². The Balaban J connectivity index is 1.15. The van der Waals surface area contributed by atoms with Gasteiger partial charge in [-0.05, 0) is 61.4 Å². The molecule has 2 amide bonds. The van der Waals surface area contributed by atoms with E-state index in [9.17, 15) is 9.18 Å². The van der Waals surface area contributed by atoms with Gasteiger partial charge in [0.05, 0.1) is 0 Å². The van der Waals surface area contributed by atoms with Gasteiger partial charge in [0.25, 0.3) is 0 Å². The quantitative estimate of drug-likeness (QED) is 0.672. The molecule has 7 nitrogen and oxygen atoms in total. The zero-order chi connectivity index (χ0) is 21.2. The van der Waals surface area contributed by atoms with E-state index < -0.39 is 0 Å². The van der Waals surface area contributed by atoms with E-state index in [1.165, 1.54) is 18.6 Å². The predicted octanol–water partition coefficient (Wildman–Crippen LogP) is 4.50. The number of nitrogens with one attached hydrogen (secondary N) is 1. The predicted molar refractivity (Wildman–Crippen MR) is 116 cm³/mol. The van der Waals surface area contributed by atoms with Crippen molar-refractivity contribution in [2.75, 3.05) is 36.4 Å². The number of piperazine rings is 1. The maximum absolute atomic E-state index is 13.1. The lowest BCUT2D eigenvalue weighted by Gasteiger charge is -2.36. The van der Waals surface area contributed by atoms with Crippen molar-refractivity contribution >= 4 is 17.4 Å². The zero-order valence-corrected chi connectivity index (χ0v) is 17.1. The molecule has 1 aliphatic carbocycles. The maximum Gasteiger partial charge on any atom is 0.321 e. The van der Waals surface area contributed by atoms with Crippen LogP contribution in [0.2, 0.25) is 0 Å². The molecule has 3 aromatic rings. The Hall–Kier alpha value is -3.42. The van der Waals surface area contributed by atoms with Crippen LogP contribution >= 0.6 is 0 Å². The van der Waals surface area contributed by atoms with Crippen LogP contribution in [0.3, 0.4) is 0 Å². The van der Waals surface area contributed by atoms with Crippen molar-refractivity contribution in [1.29, 1.82) is 0 Å². The number of benzene rings is 2. The summed E-state index contributed by atoms with van der Waals surface area (Å²) >= 11 is 0. The van der Waals surface area contributed by atoms with Crippen molar-refractivity contribution in [3.63, 3.8) is 0 Å². The van der Waals surface area contributed by atoms with Gasteiger partial charge < -0.3 is 19.6 Å². The number of anilines is 2. The molecule has 0 radical (unpaired) electrons. The third-order valence-electron chi connectivity index (χ3n) is 6.05. The normalized spacial score (nSPS) is 16.8. The molecule has 2 aliphatic rings. The number of halogens is 1. The van der Waals surface area contributed by atoms with Crippen molar-refractivity contribution in [2.45, 2.75) is 25.2 Å². The van der Waals surface area contributed by atoms with E-state index in [0.29, 0.717) is 37.9 Å². The number of aromatic nitrogens is 2. The van der Waals surface area contributed by atoms with Crippen molar-refractivity contribution in [3.8, 4) is 11.4 Å². The summed E-state index contributed by atoms with van der Waals surface area (Å²) < 4.78 is 18.5. The SMILES string of the molecule is O=C(Nc1ccc(-c2noc(C3CCC3)n2)cc1)N1CCN(c2ccc(F)cc2)CC1. The van der Waals surface area contributed by atoms with Gasteiger partial charge in [-0.1, -0.05) is 11.6 Å². The van der Waals surface area contributed by atoms with Gasteiger partial charge in [0.15, 0.2) is 0 Å². The summed E-state index contributed by atoms with van der Waals surface area (Å²) in [5, 5.41) is 7.03. The highest BCUT2D eigenvalue weighted by Crippen LogP contribution is 2.36. The molecule has 31 heavy (non-hydrogen) atoms. The smallest absolute Gasteiger partial charge is 0.321 e. The molecule has 0 spiro atoms. The van der Waals surface area contributed by atoms with Crippen LogP contribution in [0.15, 0.2) is 53.1 Å². The van der Waals surface area contributed by atoms with E-state index >= 15 is 0 Å². The number of hydrogen-bond acceptors (Lipinski definition) is 5. The second kappa shape index (κ2) is 8.37. The third-order valence-corrected chi connectivity index (χ3v) is 6.05. The molecule has 1 N–H and O–H groups in total. The van der Waals surface area contributed by atoms with Crippen LogP contribution in [-0.4, -0.2) is 47.3 Å². The number of urea groups is 1. The van der Waals surface area contributed by atoms with Crippen LogP contribution in [0.1, 0.15) is 31.1 Å². The molecule has 2 aromatic carbocycles. The van der Waals surface area contributed by atoms with Gasteiger partial charge in [-0.25, -0.2) is 9.18 Å². The summed E-state index contributed by atoms with van der Waals surface area (Å²) in [7, 11) is 0. The summed E-state index contributed by atoms with van der Waals surface area (Å²) in [4.78, 5) is 21.1. The van der Waals surface area contributed by atoms with Crippen molar-refractivity contribution in [3.05, 3.63) is 60.2 Å². The van der Waals surface area contributed by atoms with E-state index in [1.807, 2.05) is 24.3 Å². The number of rotatable bonds is 4. The molecule has 0 unspecified atom stereocenters. The molecule has 0 atom stereocenters. The molecule has 8 heteroatoms. The van der Waals surface area contributed by atoms with Crippen LogP contribution in [0.5, 0.6) is 0 Å². The van der Waals surface area contributed by atoms with Gasteiger partial charge in [-0.3, -0.25) is 0 Å². The lowest BCUT2D eigenvalue weighted by molar-refractivity contribution is 0.208. The molecule has 1 aromatic heterocycles. The Morgan fingerprint density at radius 3 is 2.35 bits per heavy atom. The molecule has 1 saturated carbocycles. The van der Waals surface area contributed by atoms with E-state index in [-0.39, 0.29) is 11.8 Å². The van der Waals surface area contributed by atoms with Gasteiger partial charge in [0, 0.05) is 49.0 Å². The van der Waals surface area contributed by atoms with E-state index in [0.717, 1.165) is 35.7 Å². The fraction of sp³-hybridized carbons (Fsp3) is 0.348. The Morgan fingerprint density at radius 2 is 1.71 bits per heavy atom. The minimum atomic E-state index is -0.245. The second-order valence-electron chi connectivity index (χ2n) is 8.04. The first kappa shape index (κ1) is 19.5. The average molecular weight is 421 g/mol. The monoisotopic (exact) mass is 421 g/mol. The minimum absolute atomic E-state index is 0.127. The molecule has 5 rings (SSSR count). The Bertz CT molecular complexity index is 1040. The Morgan fingerprint density at radius 1 is 1.00 bits per heavy atom. The first-order valence-corrected chi connectivity index (χ1v) is 10.7. The fourth-order valence-electron chi connectivity index (χ4n) is 3.90. The molecule has 1 saturated heterocycles. The fourth-order valence-corrected chi connectivity index (χ4v) is 3.90. The maximum atomic E-state index is 13.1. The first-order chi connectivity index (χ1) is 15.2. The standard InChI is InChI=1S/C23H24FN5O2/c24-18-6-10-20(11-7-18)28-12-14-29(15-13-28)23(30)25-19-8-4-16(5-9-19)21-26-22(31-27-21)17-2-1-3-17/h4-11,17H,1-3,12-15H2,(H,25,30).